The average Bonchev–Trinajstić information content (AvgIpc) is 3.23. The van der Waals surface area contributed by atoms with Gasteiger partial charge in [-0.25, -0.2) is 14.4 Å². The quantitative estimate of drug-likeness (QED) is 0.645. The van der Waals surface area contributed by atoms with E-state index in [0.29, 0.717) is 0 Å². The first kappa shape index (κ1) is 15.4. The summed E-state index contributed by atoms with van der Waals surface area (Å²) < 4.78 is 4.75. The van der Waals surface area contributed by atoms with Gasteiger partial charge in [0.25, 0.3) is 0 Å². The SMILES string of the molecule is C=CC(=O)OC1CC1.O=C(O)c1ccc(C(=O)O)cc1. The number of carboxylic acid groups (broad SMARTS) is 2. The Morgan fingerprint density at radius 1 is 1.05 bits per heavy atom. The molecule has 1 aromatic carbocycles. The van der Waals surface area contributed by atoms with Crippen LogP contribution in [0.1, 0.15) is 33.6 Å². The molecule has 20 heavy (non-hydrogen) atoms. The molecule has 0 aliphatic heterocycles. The van der Waals surface area contributed by atoms with Gasteiger partial charge in [0, 0.05) is 6.08 Å². The molecule has 0 radical (unpaired) electrons. The number of aromatic carboxylic acids is 2. The van der Waals surface area contributed by atoms with Crippen molar-refractivity contribution in [1.29, 1.82) is 0 Å². The van der Waals surface area contributed by atoms with Crippen molar-refractivity contribution in [3.63, 3.8) is 0 Å². The first-order chi connectivity index (χ1) is 9.43. The van der Waals surface area contributed by atoms with Gasteiger partial charge in [0.05, 0.1) is 11.1 Å². The van der Waals surface area contributed by atoms with Crippen molar-refractivity contribution in [3.05, 3.63) is 48.0 Å². The zero-order valence-electron chi connectivity index (χ0n) is 10.6. The number of benzene rings is 1. The van der Waals surface area contributed by atoms with E-state index < -0.39 is 11.9 Å². The fourth-order valence-corrected chi connectivity index (χ4v) is 1.15. The summed E-state index contributed by atoms with van der Waals surface area (Å²) in [7, 11) is 0. The summed E-state index contributed by atoms with van der Waals surface area (Å²) in [5, 5.41) is 16.9. The maximum atomic E-state index is 10.3. The maximum Gasteiger partial charge on any atom is 0.335 e. The summed E-state index contributed by atoms with van der Waals surface area (Å²) in [5.74, 6) is -2.42. The number of hydrogen-bond donors (Lipinski definition) is 2. The predicted octanol–water partition coefficient (Wildman–Crippen LogP) is 1.96. The average molecular weight is 278 g/mol. The van der Waals surface area contributed by atoms with Crippen molar-refractivity contribution in [1.82, 2.24) is 0 Å². The van der Waals surface area contributed by atoms with E-state index >= 15 is 0 Å². The molecule has 1 aromatic rings. The maximum absolute atomic E-state index is 10.3. The molecule has 0 aromatic heterocycles. The van der Waals surface area contributed by atoms with E-state index in [9.17, 15) is 14.4 Å². The van der Waals surface area contributed by atoms with Crippen LogP contribution in [0.5, 0.6) is 0 Å². The summed E-state index contributed by atoms with van der Waals surface area (Å²) in [6.07, 6.45) is 3.46. The van der Waals surface area contributed by atoms with Gasteiger partial charge >= 0.3 is 17.9 Å². The molecule has 1 aliphatic rings. The zero-order valence-corrected chi connectivity index (χ0v) is 10.6. The molecule has 0 amide bonds. The van der Waals surface area contributed by atoms with E-state index in [1.165, 1.54) is 30.3 Å². The number of hydrogen-bond acceptors (Lipinski definition) is 4. The van der Waals surface area contributed by atoms with Crippen LogP contribution in [0.4, 0.5) is 0 Å². The van der Waals surface area contributed by atoms with Gasteiger partial charge in [-0.1, -0.05) is 6.58 Å². The lowest BCUT2D eigenvalue weighted by atomic mass is 10.1. The van der Waals surface area contributed by atoms with E-state index in [1.54, 1.807) is 0 Å². The summed E-state index contributed by atoms with van der Waals surface area (Å²) in [6, 6.07) is 5.02. The molecule has 0 saturated heterocycles. The Morgan fingerprint density at radius 3 is 1.70 bits per heavy atom. The van der Waals surface area contributed by atoms with Crippen molar-refractivity contribution in [2.24, 2.45) is 0 Å². The van der Waals surface area contributed by atoms with Crippen molar-refractivity contribution in [2.45, 2.75) is 18.9 Å². The van der Waals surface area contributed by atoms with Crippen LogP contribution in [0.2, 0.25) is 0 Å². The molecule has 2 rings (SSSR count). The molecule has 1 fully saturated rings. The van der Waals surface area contributed by atoms with Crippen molar-refractivity contribution in [2.75, 3.05) is 0 Å². The minimum absolute atomic E-state index is 0.0833. The smallest absolute Gasteiger partial charge is 0.335 e. The molecule has 0 atom stereocenters. The summed E-state index contributed by atoms with van der Waals surface area (Å²) in [6.45, 7) is 3.27. The minimum atomic E-state index is -1.06. The molecule has 6 heteroatoms. The van der Waals surface area contributed by atoms with Gasteiger partial charge in [0.2, 0.25) is 0 Å². The van der Waals surface area contributed by atoms with Crippen LogP contribution in [-0.2, 0) is 9.53 Å². The fourth-order valence-electron chi connectivity index (χ4n) is 1.15. The van der Waals surface area contributed by atoms with E-state index in [2.05, 4.69) is 6.58 Å². The molecule has 0 spiro atoms. The Labute approximate surface area is 115 Å². The molecule has 0 heterocycles. The molecular weight excluding hydrogens is 264 g/mol. The summed E-state index contributed by atoms with van der Waals surface area (Å²) >= 11 is 0. The van der Waals surface area contributed by atoms with Gasteiger partial charge in [-0.05, 0) is 37.1 Å². The van der Waals surface area contributed by atoms with Gasteiger partial charge in [0.1, 0.15) is 6.10 Å². The normalized spacial score (nSPS) is 12.6. The van der Waals surface area contributed by atoms with Crippen LogP contribution in [0.25, 0.3) is 0 Å². The Morgan fingerprint density at radius 2 is 1.45 bits per heavy atom. The van der Waals surface area contributed by atoms with Crippen LogP contribution < -0.4 is 0 Å². The predicted molar refractivity (Wildman–Crippen MR) is 69.7 cm³/mol. The van der Waals surface area contributed by atoms with E-state index in [-0.39, 0.29) is 23.2 Å². The zero-order chi connectivity index (χ0) is 15.1. The van der Waals surface area contributed by atoms with Crippen LogP contribution in [0, 0.1) is 0 Å². The molecule has 1 aliphatic carbocycles. The fraction of sp³-hybridized carbons (Fsp3) is 0.214. The minimum Gasteiger partial charge on any atom is -0.478 e. The molecule has 6 nitrogen and oxygen atoms in total. The second-order valence-electron chi connectivity index (χ2n) is 4.03. The molecular formula is C14H14O6. The molecule has 1 saturated carbocycles. The van der Waals surface area contributed by atoms with Gasteiger partial charge in [-0.2, -0.15) is 0 Å². The van der Waals surface area contributed by atoms with Gasteiger partial charge in [-0.15, -0.1) is 0 Å². The van der Waals surface area contributed by atoms with Crippen molar-refractivity contribution >= 4 is 17.9 Å². The molecule has 2 N–H and O–H groups in total. The lowest BCUT2D eigenvalue weighted by molar-refractivity contribution is -0.138. The summed E-state index contributed by atoms with van der Waals surface area (Å²) in [4.78, 5) is 31.0. The van der Waals surface area contributed by atoms with Gasteiger partial charge in [0.15, 0.2) is 0 Å². The van der Waals surface area contributed by atoms with Crippen LogP contribution in [0.15, 0.2) is 36.9 Å². The Balaban J connectivity index is 0.000000217. The first-order valence-electron chi connectivity index (χ1n) is 5.83. The highest BCUT2D eigenvalue weighted by molar-refractivity contribution is 5.91. The number of rotatable bonds is 4. The number of ether oxygens (including phenoxy) is 1. The number of carbonyl (C=O) groups excluding carboxylic acids is 1. The summed E-state index contributed by atoms with van der Waals surface area (Å²) in [5.41, 5.74) is 0.167. The third kappa shape index (κ3) is 5.34. The van der Waals surface area contributed by atoms with E-state index in [1.807, 2.05) is 0 Å². The first-order valence-corrected chi connectivity index (χ1v) is 5.83. The third-order valence-electron chi connectivity index (χ3n) is 2.35. The number of esters is 1. The number of carbonyl (C=O) groups is 3. The van der Waals surface area contributed by atoms with Gasteiger partial charge in [-0.3, -0.25) is 0 Å². The van der Waals surface area contributed by atoms with Gasteiger partial charge < -0.3 is 14.9 Å². The standard InChI is InChI=1S/C8H6O4.C6H8O2/c9-7(10)5-1-2-6(4-3-5)8(11)12;1-2-6(7)8-5-3-4-5/h1-4H,(H,9,10)(H,11,12);2,5H,1,3-4H2. The Hall–Kier alpha value is -2.63. The van der Waals surface area contributed by atoms with Crippen LogP contribution in [-0.4, -0.2) is 34.2 Å². The Bertz CT molecular complexity index is 480. The topological polar surface area (TPSA) is 101 Å². The van der Waals surface area contributed by atoms with E-state index in [0.717, 1.165) is 12.8 Å². The molecule has 0 unspecified atom stereocenters. The molecule has 106 valence electrons. The second-order valence-corrected chi connectivity index (χ2v) is 4.03. The van der Waals surface area contributed by atoms with Crippen molar-refractivity contribution < 1.29 is 29.3 Å². The molecule has 0 bridgehead atoms. The number of carboxylic acids is 2. The monoisotopic (exact) mass is 278 g/mol. The second kappa shape index (κ2) is 7.08. The highest BCUT2D eigenvalue weighted by Gasteiger charge is 2.24. The lowest BCUT2D eigenvalue weighted by Gasteiger charge is -1.94. The Kier molecular flexibility index (Phi) is 5.46. The van der Waals surface area contributed by atoms with Crippen molar-refractivity contribution in [3.8, 4) is 0 Å². The van der Waals surface area contributed by atoms with E-state index in [4.69, 9.17) is 14.9 Å². The van der Waals surface area contributed by atoms with Crippen LogP contribution in [0.3, 0.4) is 0 Å². The third-order valence-corrected chi connectivity index (χ3v) is 2.35. The highest BCUT2D eigenvalue weighted by Crippen LogP contribution is 2.23. The lowest BCUT2D eigenvalue weighted by Crippen LogP contribution is -2.00. The highest BCUT2D eigenvalue weighted by atomic mass is 16.5. The van der Waals surface area contributed by atoms with Crippen LogP contribution >= 0.6 is 0 Å². The largest absolute Gasteiger partial charge is 0.478 e.